The molecule has 0 saturated carbocycles. The highest BCUT2D eigenvalue weighted by atomic mass is 16.1. The smallest absolute Gasteiger partial charge is 0.221 e. The molecule has 2 N–H and O–H groups in total. The summed E-state index contributed by atoms with van der Waals surface area (Å²) in [6, 6.07) is 10.9. The highest BCUT2D eigenvalue weighted by Crippen LogP contribution is 2.05. The van der Waals surface area contributed by atoms with Crippen LogP contribution < -0.4 is 10.6 Å². The first-order valence-corrected chi connectivity index (χ1v) is 7.49. The van der Waals surface area contributed by atoms with Gasteiger partial charge in [0.1, 0.15) is 0 Å². The maximum atomic E-state index is 11.7. The molecule has 0 aliphatic carbocycles. The molecule has 3 heteroatoms. The fourth-order valence-electron chi connectivity index (χ4n) is 2.13. The summed E-state index contributed by atoms with van der Waals surface area (Å²) in [6.07, 6.45) is 2.61. The molecule has 0 aliphatic rings. The van der Waals surface area contributed by atoms with Crippen LogP contribution in [0.5, 0.6) is 0 Å². The zero-order valence-corrected chi connectivity index (χ0v) is 13.2. The molecule has 0 fully saturated rings. The summed E-state index contributed by atoms with van der Waals surface area (Å²) in [5.41, 5.74) is 1.19. The molecular formula is C17H28N2O. The largest absolute Gasteiger partial charge is 0.351 e. The highest BCUT2D eigenvalue weighted by molar-refractivity contribution is 5.76. The maximum Gasteiger partial charge on any atom is 0.221 e. The number of amides is 1. The predicted octanol–water partition coefficient (Wildman–Crippen LogP) is 2.90. The second-order valence-electron chi connectivity index (χ2n) is 6.30. The van der Waals surface area contributed by atoms with Crippen LogP contribution >= 0.6 is 0 Å². The van der Waals surface area contributed by atoms with E-state index in [0.717, 1.165) is 19.4 Å². The van der Waals surface area contributed by atoms with E-state index in [1.807, 2.05) is 26.8 Å². The summed E-state index contributed by atoms with van der Waals surface area (Å²) in [4.78, 5) is 11.7. The van der Waals surface area contributed by atoms with Crippen molar-refractivity contribution in [3.05, 3.63) is 35.9 Å². The van der Waals surface area contributed by atoms with Gasteiger partial charge < -0.3 is 10.6 Å². The Morgan fingerprint density at radius 3 is 2.40 bits per heavy atom. The van der Waals surface area contributed by atoms with Crippen LogP contribution in [-0.4, -0.2) is 24.0 Å². The minimum atomic E-state index is -0.148. The van der Waals surface area contributed by atoms with E-state index in [-0.39, 0.29) is 11.4 Å². The molecule has 1 amide bonds. The molecule has 1 aromatic rings. The molecule has 1 aromatic carbocycles. The predicted molar refractivity (Wildman–Crippen MR) is 84.7 cm³/mol. The first kappa shape index (κ1) is 16.7. The van der Waals surface area contributed by atoms with Crippen molar-refractivity contribution in [2.75, 3.05) is 6.54 Å². The first-order valence-electron chi connectivity index (χ1n) is 7.49. The van der Waals surface area contributed by atoms with Gasteiger partial charge in [-0.05, 0) is 39.2 Å². The van der Waals surface area contributed by atoms with Gasteiger partial charge in [0.05, 0.1) is 0 Å². The molecule has 0 aliphatic heterocycles. The zero-order chi connectivity index (χ0) is 15.0. The average molecular weight is 276 g/mol. The van der Waals surface area contributed by atoms with Gasteiger partial charge in [0, 0.05) is 24.5 Å². The summed E-state index contributed by atoms with van der Waals surface area (Å²) in [5, 5.41) is 6.46. The summed E-state index contributed by atoms with van der Waals surface area (Å²) in [6.45, 7) is 8.91. The third kappa shape index (κ3) is 7.29. The molecular weight excluding hydrogens is 248 g/mol. The zero-order valence-electron chi connectivity index (χ0n) is 13.2. The van der Waals surface area contributed by atoms with Gasteiger partial charge in [-0.3, -0.25) is 4.79 Å². The average Bonchev–Trinajstić information content (AvgIpc) is 2.36. The molecule has 1 atom stereocenters. The number of hydrogen-bond acceptors (Lipinski definition) is 2. The lowest BCUT2D eigenvalue weighted by atomic mass is 10.0. The molecule has 1 unspecified atom stereocenters. The maximum absolute atomic E-state index is 11.7. The fraction of sp³-hybridized carbons (Fsp3) is 0.588. The molecule has 0 radical (unpaired) electrons. The number of carbonyl (C=O) groups is 1. The molecule has 0 heterocycles. The van der Waals surface area contributed by atoms with E-state index >= 15 is 0 Å². The normalized spacial score (nSPS) is 13.0. The summed E-state index contributed by atoms with van der Waals surface area (Å²) >= 11 is 0. The lowest BCUT2D eigenvalue weighted by molar-refractivity contribution is -0.122. The Bertz CT molecular complexity index is 395. The molecule has 0 saturated heterocycles. The van der Waals surface area contributed by atoms with Gasteiger partial charge in [0.2, 0.25) is 5.91 Å². The third-order valence-electron chi connectivity index (χ3n) is 3.12. The number of nitrogens with one attached hydrogen (secondary N) is 2. The second-order valence-corrected chi connectivity index (χ2v) is 6.30. The fourth-order valence-corrected chi connectivity index (χ4v) is 2.13. The van der Waals surface area contributed by atoms with Crippen LogP contribution in [0.4, 0.5) is 0 Å². The van der Waals surface area contributed by atoms with Crippen LogP contribution in [0, 0.1) is 0 Å². The Morgan fingerprint density at radius 1 is 1.20 bits per heavy atom. The molecule has 1 rings (SSSR count). The van der Waals surface area contributed by atoms with Crippen molar-refractivity contribution >= 4 is 5.91 Å². The van der Waals surface area contributed by atoms with Crippen LogP contribution in [-0.2, 0) is 11.2 Å². The van der Waals surface area contributed by atoms with Crippen molar-refractivity contribution < 1.29 is 4.79 Å². The van der Waals surface area contributed by atoms with E-state index in [0.29, 0.717) is 12.5 Å². The molecule has 20 heavy (non-hydrogen) atoms. The van der Waals surface area contributed by atoms with E-state index < -0.39 is 0 Å². The minimum absolute atomic E-state index is 0.111. The van der Waals surface area contributed by atoms with Crippen LogP contribution in [0.3, 0.4) is 0 Å². The topological polar surface area (TPSA) is 41.1 Å². The van der Waals surface area contributed by atoms with E-state index in [9.17, 15) is 4.79 Å². The quantitative estimate of drug-likeness (QED) is 0.804. The summed E-state index contributed by atoms with van der Waals surface area (Å²) in [5.74, 6) is 0.111. The van der Waals surface area contributed by atoms with Crippen molar-refractivity contribution in [3.8, 4) is 0 Å². The number of rotatable bonds is 7. The van der Waals surface area contributed by atoms with Crippen molar-refractivity contribution in [1.29, 1.82) is 0 Å². The van der Waals surface area contributed by atoms with Crippen LogP contribution in [0.25, 0.3) is 0 Å². The van der Waals surface area contributed by atoms with Gasteiger partial charge in [-0.1, -0.05) is 37.3 Å². The minimum Gasteiger partial charge on any atom is -0.351 e. The highest BCUT2D eigenvalue weighted by Gasteiger charge is 2.13. The van der Waals surface area contributed by atoms with Crippen LogP contribution in [0.15, 0.2) is 30.3 Å². The van der Waals surface area contributed by atoms with Crippen molar-refractivity contribution in [3.63, 3.8) is 0 Å². The second kappa shape index (κ2) is 8.05. The molecule has 3 nitrogen and oxygen atoms in total. The summed E-state index contributed by atoms with van der Waals surface area (Å²) < 4.78 is 0. The lowest BCUT2D eigenvalue weighted by Gasteiger charge is -2.21. The van der Waals surface area contributed by atoms with Gasteiger partial charge in [0.25, 0.3) is 0 Å². The molecule has 0 aromatic heterocycles. The Labute approximate surface area is 123 Å². The monoisotopic (exact) mass is 276 g/mol. The first-order chi connectivity index (χ1) is 9.40. The van der Waals surface area contributed by atoms with Gasteiger partial charge in [-0.25, -0.2) is 0 Å². The lowest BCUT2D eigenvalue weighted by Crippen LogP contribution is -2.42. The van der Waals surface area contributed by atoms with Gasteiger partial charge >= 0.3 is 0 Å². The van der Waals surface area contributed by atoms with E-state index in [4.69, 9.17) is 0 Å². The van der Waals surface area contributed by atoms with Gasteiger partial charge in [0.15, 0.2) is 0 Å². The van der Waals surface area contributed by atoms with E-state index in [1.54, 1.807) is 0 Å². The standard InChI is InChI=1S/C17H28N2O/c1-5-15(13-14-9-7-6-8-10-14)18-12-11-16(20)19-17(2,3)4/h6-10,15,18H,5,11-13H2,1-4H3,(H,19,20). The molecule has 0 spiro atoms. The van der Waals surface area contributed by atoms with Crippen molar-refractivity contribution in [2.45, 2.75) is 58.5 Å². The van der Waals surface area contributed by atoms with Crippen LogP contribution in [0.1, 0.15) is 46.1 Å². The molecule has 0 bridgehead atoms. The van der Waals surface area contributed by atoms with Crippen molar-refractivity contribution in [2.24, 2.45) is 0 Å². The molecule has 112 valence electrons. The summed E-state index contributed by atoms with van der Waals surface area (Å²) in [7, 11) is 0. The van der Waals surface area contributed by atoms with E-state index in [1.165, 1.54) is 5.56 Å². The number of carbonyl (C=O) groups excluding carboxylic acids is 1. The number of hydrogen-bond donors (Lipinski definition) is 2. The van der Waals surface area contributed by atoms with Gasteiger partial charge in [-0.2, -0.15) is 0 Å². The Hall–Kier alpha value is -1.35. The Kier molecular flexibility index (Phi) is 6.73. The van der Waals surface area contributed by atoms with Crippen molar-refractivity contribution in [1.82, 2.24) is 10.6 Å². The van der Waals surface area contributed by atoms with E-state index in [2.05, 4.69) is 41.8 Å². The third-order valence-corrected chi connectivity index (χ3v) is 3.12. The Morgan fingerprint density at radius 2 is 1.85 bits per heavy atom. The van der Waals surface area contributed by atoms with Crippen LogP contribution in [0.2, 0.25) is 0 Å². The SMILES string of the molecule is CCC(Cc1ccccc1)NCCC(=O)NC(C)(C)C. The van der Waals surface area contributed by atoms with Gasteiger partial charge in [-0.15, -0.1) is 0 Å². The Balaban J connectivity index is 2.30. The number of benzene rings is 1.